The highest BCUT2D eigenvalue weighted by Crippen LogP contribution is 2.24. The monoisotopic (exact) mass is 424 g/mol. The number of nitrogens with zero attached hydrogens (tertiary/aromatic N) is 2. The minimum Gasteiger partial charge on any atom is -0.426 e. The highest BCUT2D eigenvalue weighted by atomic mass is 33.1. The summed E-state index contributed by atoms with van der Waals surface area (Å²) in [6.45, 7) is 0. The van der Waals surface area contributed by atoms with Crippen molar-refractivity contribution in [1.82, 2.24) is 0 Å². The summed E-state index contributed by atoms with van der Waals surface area (Å²) in [5, 5.41) is 21.1. The smallest absolute Gasteiger partial charge is 0.322 e. The van der Waals surface area contributed by atoms with E-state index in [2.05, 4.69) is 0 Å². The highest BCUT2D eigenvalue weighted by molar-refractivity contribution is 8.77. The summed E-state index contributed by atoms with van der Waals surface area (Å²) in [7, 11) is 2.16. The van der Waals surface area contributed by atoms with Gasteiger partial charge in [0.05, 0.1) is 9.85 Å². The third-order valence-electron chi connectivity index (χ3n) is 3.00. The molecule has 2 aromatic carbocycles. The van der Waals surface area contributed by atoms with Crippen LogP contribution in [0.5, 0.6) is 11.5 Å². The van der Waals surface area contributed by atoms with Gasteiger partial charge in [0.1, 0.15) is 23.0 Å². The Morgan fingerprint density at radius 2 is 1.04 bits per heavy atom. The molecule has 0 saturated heterocycles. The van der Waals surface area contributed by atoms with Crippen molar-refractivity contribution in [2.24, 2.45) is 0 Å². The van der Waals surface area contributed by atoms with E-state index in [0.717, 1.165) is 21.6 Å². The molecule has 0 bridgehead atoms. The second-order valence-electron chi connectivity index (χ2n) is 4.97. The summed E-state index contributed by atoms with van der Waals surface area (Å²) in [5.74, 6) is -0.887. The number of rotatable bonds is 9. The van der Waals surface area contributed by atoms with Crippen LogP contribution in [0.15, 0.2) is 48.5 Å². The first-order chi connectivity index (χ1) is 13.3. The molecule has 0 unspecified atom stereocenters. The Hall–Kier alpha value is -3.12. The van der Waals surface area contributed by atoms with Crippen molar-refractivity contribution in [3.8, 4) is 11.5 Å². The Balaban J connectivity index is 1.67. The summed E-state index contributed by atoms with van der Waals surface area (Å²) in [6, 6.07) is 10.1. The van der Waals surface area contributed by atoms with Crippen LogP contribution in [-0.2, 0) is 9.59 Å². The van der Waals surface area contributed by atoms with Crippen molar-refractivity contribution in [3.05, 3.63) is 68.8 Å². The number of nitro benzene ring substituents is 2. The molecule has 0 atom stereocenters. The molecule has 2 aromatic rings. The Morgan fingerprint density at radius 3 is 1.32 bits per heavy atom. The second-order valence-corrected chi connectivity index (χ2v) is 7.44. The first kappa shape index (κ1) is 21.2. The molecule has 0 N–H and O–H groups in total. The van der Waals surface area contributed by atoms with Gasteiger partial charge in [0.2, 0.25) is 0 Å². The van der Waals surface area contributed by atoms with Gasteiger partial charge in [-0.2, -0.15) is 0 Å². The molecule has 12 heteroatoms. The normalized spacial score (nSPS) is 10.1. The van der Waals surface area contributed by atoms with Crippen LogP contribution in [0.1, 0.15) is 0 Å². The van der Waals surface area contributed by atoms with E-state index in [0.29, 0.717) is 0 Å². The van der Waals surface area contributed by atoms with Crippen molar-refractivity contribution in [1.29, 1.82) is 0 Å². The van der Waals surface area contributed by atoms with Crippen LogP contribution >= 0.6 is 21.6 Å². The lowest BCUT2D eigenvalue weighted by Gasteiger charge is -2.05. The van der Waals surface area contributed by atoms with Crippen molar-refractivity contribution in [2.45, 2.75) is 0 Å². The van der Waals surface area contributed by atoms with Gasteiger partial charge >= 0.3 is 11.9 Å². The summed E-state index contributed by atoms with van der Waals surface area (Å²) in [4.78, 5) is 43.4. The van der Waals surface area contributed by atoms with E-state index in [4.69, 9.17) is 9.47 Å². The number of carbonyl (C=O) groups excluding carboxylic acids is 2. The van der Waals surface area contributed by atoms with Crippen LogP contribution in [0, 0.1) is 20.2 Å². The zero-order chi connectivity index (χ0) is 20.5. The summed E-state index contributed by atoms with van der Waals surface area (Å²) in [6.07, 6.45) is 0. The van der Waals surface area contributed by atoms with Gasteiger partial charge in [-0.15, -0.1) is 0 Å². The van der Waals surface area contributed by atoms with Crippen molar-refractivity contribution >= 4 is 44.9 Å². The van der Waals surface area contributed by atoms with Gasteiger partial charge in [0.15, 0.2) is 0 Å². The average molecular weight is 424 g/mol. The fraction of sp³-hybridized carbons (Fsp3) is 0.125. The maximum atomic E-state index is 11.7. The zero-order valence-corrected chi connectivity index (χ0v) is 15.6. The van der Waals surface area contributed by atoms with Crippen LogP contribution in [0.2, 0.25) is 0 Å². The number of non-ortho nitro benzene ring substituents is 2. The molecule has 0 radical (unpaired) electrons. The number of hydrogen-bond acceptors (Lipinski definition) is 10. The van der Waals surface area contributed by atoms with Crippen LogP contribution in [0.3, 0.4) is 0 Å². The summed E-state index contributed by atoms with van der Waals surface area (Å²) < 4.78 is 10.0. The lowest BCUT2D eigenvalue weighted by atomic mass is 10.3. The molecular weight excluding hydrogens is 412 g/mol. The van der Waals surface area contributed by atoms with Gasteiger partial charge < -0.3 is 9.47 Å². The summed E-state index contributed by atoms with van der Waals surface area (Å²) >= 11 is 0. The number of hydrogen-bond donors (Lipinski definition) is 0. The Bertz CT molecular complexity index is 798. The van der Waals surface area contributed by atoms with Gasteiger partial charge in [-0.3, -0.25) is 29.8 Å². The second kappa shape index (κ2) is 10.3. The zero-order valence-electron chi connectivity index (χ0n) is 14.0. The van der Waals surface area contributed by atoms with E-state index >= 15 is 0 Å². The van der Waals surface area contributed by atoms with E-state index in [9.17, 15) is 29.8 Å². The third-order valence-corrected chi connectivity index (χ3v) is 5.08. The molecule has 0 aliphatic heterocycles. The van der Waals surface area contributed by atoms with E-state index in [1.54, 1.807) is 0 Å². The lowest BCUT2D eigenvalue weighted by Crippen LogP contribution is -2.12. The first-order valence-electron chi connectivity index (χ1n) is 7.50. The maximum Gasteiger partial charge on any atom is 0.322 e. The number of carbonyl (C=O) groups is 2. The molecule has 0 aliphatic carbocycles. The van der Waals surface area contributed by atoms with Crippen LogP contribution in [-0.4, -0.2) is 33.3 Å². The number of nitro groups is 2. The molecule has 10 nitrogen and oxygen atoms in total. The molecule has 0 saturated carbocycles. The fourth-order valence-corrected chi connectivity index (χ4v) is 3.33. The quantitative estimate of drug-likeness (QED) is 0.147. The minimum absolute atomic E-state index is 0.0491. The van der Waals surface area contributed by atoms with E-state index < -0.39 is 21.8 Å². The van der Waals surface area contributed by atoms with Gasteiger partial charge in [0, 0.05) is 24.3 Å². The molecule has 0 fully saturated rings. The van der Waals surface area contributed by atoms with E-state index in [-0.39, 0.29) is 34.4 Å². The topological polar surface area (TPSA) is 139 Å². The van der Waals surface area contributed by atoms with Crippen LogP contribution in [0.4, 0.5) is 11.4 Å². The van der Waals surface area contributed by atoms with Gasteiger partial charge in [-0.05, 0) is 24.3 Å². The SMILES string of the molecule is O=C(CSSCC(=O)Oc1ccc([N+](=O)[O-])cc1)Oc1ccc([N+](=O)[O-])cc1. The van der Waals surface area contributed by atoms with Crippen molar-refractivity contribution in [2.75, 3.05) is 11.5 Å². The molecule has 0 aliphatic rings. The standard InChI is InChI=1S/C16H12N2O8S2/c19-15(25-13-5-1-11(2-6-13)17(21)22)9-27-28-10-16(20)26-14-7-3-12(4-8-14)18(23)24/h1-8H,9-10H2. The third kappa shape index (κ3) is 6.89. The molecule has 0 heterocycles. The number of esters is 2. The summed E-state index contributed by atoms with van der Waals surface area (Å²) in [5.41, 5.74) is -0.229. The van der Waals surface area contributed by atoms with Crippen LogP contribution in [0.25, 0.3) is 0 Å². The Labute approximate surface area is 165 Å². The lowest BCUT2D eigenvalue weighted by molar-refractivity contribution is -0.385. The molecule has 28 heavy (non-hydrogen) atoms. The van der Waals surface area contributed by atoms with Gasteiger partial charge in [0.25, 0.3) is 11.4 Å². The predicted molar refractivity (Wildman–Crippen MR) is 102 cm³/mol. The molecule has 146 valence electrons. The molecule has 0 spiro atoms. The average Bonchev–Trinajstić information content (AvgIpc) is 2.66. The molecular formula is C16H12N2O8S2. The van der Waals surface area contributed by atoms with Crippen LogP contribution < -0.4 is 9.47 Å². The Kier molecular flexibility index (Phi) is 7.77. The first-order valence-corrected chi connectivity index (χ1v) is 9.98. The van der Waals surface area contributed by atoms with Crippen molar-refractivity contribution < 1.29 is 28.9 Å². The van der Waals surface area contributed by atoms with Gasteiger partial charge in [-0.1, -0.05) is 21.6 Å². The molecule has 2 rings (SSSR count). The number of benzene rings is 2. The molecule has 0 aromatic heterocycles. The predicted octanol–water partition coefficient (Wildman–Crippen LogP) is 3.40. The maximum absolute atomic E-state index is 11.7. The fourth-order valence-electron chi connectivity index (χ4n) is 1.77. The Morgan fingerprint density at radius 1 is 0.714 bits per heavy atom. The van der Waals surface area contributed by atoms with Gasteiger partial charge in [-0.25, -0.2) is 0 Å². The largest absolute Gasteiger partial charge is 0.426 e. The molecule has 0 amide bonds. The van der Waals surface area contributed by atoms with E-state index in [1.807, 2.05) is 0 Å². The van der Waals surface area contributed by atoms with E-state index in [1.165, 1.54) is 48.5 Å². The number of ether oxygens (including phenoxy) is 2. The minimum atomic E-state index is -0.574. The van der Waals surface area contributed by atoms with Crippen molar-refractivity contribution in [3.63, 3.8) is 0 Å². The highest BCUT2D eigenvalue weighted by Gasteiger charge is 2.11.